The van der Waals surface area contributed by atoms with Crippen molar-refractivity contribution in [1.82, 2.24) is 4.57 Å². The lowest BCUT2D eigenvalue weighted by molar-refractivity contribution is -0.138. The maximum Gasteiger partial charge on any atom is 0.338 e. The van der Waals surface area contributed by atoms with Crippen LogP contribution < -0.4 is 33.8 Å². The third kappa shape index (κ3) is 6.90. The van der Waals surface area contributed by atoms with E-state index in [0.29, 0.717) is 61.3 Å². The summed E-state index contributed by atoms with van der Waals surface area (Å²) in [5.74, 6) is 1.41. The summed E-state index contributed by atoms with van der Waals surface area (Å²) in [5, 5.41) is 0. The third-order valence-corrected chi connectivity index (χ3v) is 9.42. The Hall–Kier alpha value is -5.13. The van der Waals surface area contributed by atoms with Crippen molar-refractivity contribution in [3.8, 4) is 23.0 Å². The van der Waals surface area contributed by atoms with Gasteiger partial charge in [0.15, 0.2) is 27.8 Å². The summed E-state index contributed by atoms with van der Waals surface area (Å²) >= 11 is 4.69. The molecule has 0 N–H and O–H groups in total. The van der Waals surface area contributed by atoms with Crippen molar-refractivity contribution < 1.29 is 28.5 Å². The summed E-state index contributed by atoms with van der Waals surface area (Å²) in [6.07, 6.45) is 1.77. The van der Waals surface area contributed by atoms with Crippen molar-refractivity contribution in [2.75, 3.05) is 27.9 Å². The van der Waals surface area contributed by atoms with Gasteiger partial charge in [-0.1, -0.05) is 87.9 Å². The van der Waals surface area contributed by atoms with Crippen LogP contribution in [0.3, 0.4) is 0 Å². The number of carbonyl (C=O) groups is 1. The monoisotopic (exact) mass is 740 g/mol. The van der Waals surface area contributed by atoms with Gasteiger partial charge in [-0.3, -0.25) is 9.36 Å². The molecule has 0 saturated heterocycles. The van der Waals surface area contributed by atoms with E-state index in [4.69, 9.17) is 28.7 Å². The fraction of sp³-hybridized carbons (Fsp3) is 0.184. The number of para-hydroxylation sites is 1. The molecule has 1 aliphatic heterocycles. The SMILES string of the molecule is CCOC(=O)C1=C(c2ccccc2)N=c2s/c(=C\c3cccc(OC)c3OCc3ccc(Br)cc3)c(=O)n2[C@H]1c1ccc(OC)c(OC)c1. The minimum absolute atomic E-state index is 0.145. The maximum atomic E-state index is 14.5. The molecule has 0 amide bonds. The van der Waals surface area contributed by atoms with Gasteiger partial charge in [-0.2, -0.15) is 0 Å². The number of ether oxygens (including phenoxy) is 5. The van der Waals surface area contributed by atoms with Gasteiger partial charge in [0.1, 0.15) is 6.61 Å². The Morgan fingerprint density at radius 1 is 0.898 bits per heavy atom. The number of benzene rings is 4. The van der Waals surface area contributed by atoms with Crippen LogP contribution in [0.1, 0.15) is 35.2 Å². The standard InChI is InChI=1S/C38H33BrN2O7S/c1-5-47-37(43)32-33(24-10-7-6-8-11-24)40-38-41(34(32)25-16-19-28(44-2)30(20-25)46-4)36(42)31(49-38)21-26-12-9-13-29(45-3)35(26)48-22-23-14-17-27(39)18-15-23/h6-21,34H,5,22H2,1-4H3/b31-21-/t34-/m0/s1. The summed E-state index contributed by atoms with van der Waals surface area (Å²) in [6, 6.07) is 27.2. The predicted octanol–water partition coefficient (Wildman–Crippen LogP) is 6.30. The van der Waals surface area contributed by atoms with Crippen molar-refractivity contribution in [2.45, 2.75) is 19.6 Å². The molecular formula is C38H33BrN2O7S. The predicted molar refractivity (Wildman–Crippen MR) is 192 cm³/mol. The number of hydrogen-bond donors (Lipinski definition) is 0. The zero-order valence-electron chi connectivity index (χ0n) is 27.3. The molecule has 0 fully saturated rings. The van der Waals surface area contributed by atoms with Gasteiger partial charge in [0.2, 0.25) is 0 Å². The molecule has 0 unspecified atom stereocenters. The Balaban J connectivity index is 1.57. The van der Waals surface area contributed by atoms with Gasteiger partial charge < -0.3 is 23.7 Å². The van der Waals surface area contributed by atoms with Crippen molar-refractivity contribution in [1.29, 1.82) is 0 Å². The number of carbonyl (C=O) groups excluding carboxylic acids is 1. The third-order valence-electron chi connectivity index (χ3n) is 7.91. The lowest BCUT2D eigenvalue weighted by Gasteiger charge is -2.26. The number of fused-ring (bicyclic) bond motifs is 1. The summed E-state index contributed by atoms with van der Waals surface area (Å²) < 4.78 is 31.5. The van der Waals surface area contributed by atoms with Crippen molar-refractivity contribution >= 4 is 45.0 Å². The first-order valence-corrected chi connectivity index (χ1v) is 17.0. The largest absolute Gasteiger partial charge is 0.493 e. The van der Waals surface area contributed by atoms with E-state index in [-0.39, 0.29) is 17.7 Å². The van der Waals surface area contributed by atoms with Gasteiger partial charge in [0.25, 0.3) is 5.56 Å². The lowest BCUT2D eigenvalue weighted by Crippen LogP contribution is -2.40. The molecule has 2 heterocycles. The molecule has 0 aliphatic carbocycles. The minimum atomic E-state index is -0.883. The fourth-order valence-corrected chi connectivity index (χ4v) is 6.87. The quantitative estimate of drug-likeness (QED) is 0.147. The maximum absolute atomic E-state index is 14.5. The topological polar surface area (TPSA) is 97.6 Å². The summed E-state index contributed by atoms with van der Waals surface area (Å²) in [6.45, 7) is 2.18. The van der Waals surface area contributed by atoms with E-state index in [2.05, 4.69) is 15.9 Å². The molecule has 0 spiro atoms. The van der Waals surface area contributed by atoms with E-state index < -0.39 is 12.0 Å². The molecule has 0 bridgehead atoms. The second kappa shape index (κ2) is 15.0. The van der Waals surface area contributed by atoms with Gasteiger partial charge in [-0.15, -0.1) is 0 Å². The van der Waals surface area contributed by atoms with E-state index in [0.717, 1.165) is 10.0 Å². The summed E-state index contributed by atoms with van der Waals surface area (Å²) in [5.41, 5.74) is 3.28. The highest BCUT2D eigenvalue weighted by atomic mass is 79.9. The molecule has 0 radical (unpaired) electrons. The molecule has 1 aromatic heterocycles. The molecule has 4 aromatic carbocycles. The Labute approximate surface area is 295 Å². The first-order valence-electron chi connectivity index (χ1n) is 15.4. The number of esters is 1. The highest BCUT2D eigenvalue weighted by Crippen LogP contribution is 2.39. The lowest BCUT2D eigenvalue weighted by atomic mass is 9.93. The first kappa shape index (κ1) is 33.8. The molecule has 6 rings (SSSR count). The van der Waals surface area contributed by atoms with Crippen molar-refractivity contribution in [3.05, 3.63) is 143 Å². The van der Waals surface area contributed by atoms with Gasteiger partial charge in [0.05, 0.1) is 49.8 Å². The van der Waals surface area contributed by atoms with Crippen LogP contribution >= 0.6 is 27.3 Å². The smallest absolute Gasteiger partial charge is 0.338 e. The van der Waals surface area contributed by atoms with Crippen molar-refractivity contribution in [3.63, 3.8) is 0 Å². The summed E-state index contributed by atoms with van der Waals surface area (Å²) in [7, 11) is 4.66. The normalized spacial score (nSPS) is 14.1. The Kier molecular flexibility index (Phi) is 10.3. The number of halogens is 1. The van der Waals surface area contributed by atoms with E-state index in [1.807, 2.05) is 78.9 Å². The second-order valence-electron chi connectivity index (χ2n) is 10.8. The van der Waals surface area contributed by atoms with Crippen LogP contribution in [-0.2, 0) is 16.1 Å². The van der Waals surface area contributed by atoms with Gasteiger partial charge in [-0.25, -0.2) is 9.79 Å². The van der Waals surface area contributed by atoms with Gasteiger partial charge >= 0.3 is 5.97 Å². The first-order chi connectivity index (χ1) is 23.9. The number of hydrogen-bond acceptors (Lipinski definition) is 9. The van der Waals surface area contributed by atoms with Crippen LogP contribution in [0, 0.1) is 0 Å². The van der Waals surface area contributed by atoms with Crippen LogP contribution in [0.5, 0.6) is 23.0 Å². The van der Waals surface area contributed by atoms with Gasteiger partial charge in [0, 0.05) is 15.6 Å². The molecule has 0 saturated carbocycles. The number of nitrogens with zero attached hydrogens (tertiary/aromatic N) is 2. The van der Waals surface area contributed by atoms with E-state index in [1.165, 1.54) is 18.4 Å². The van der Waals surface area contributed by atoms with Crippen LogP contribution in [0.15, 0.2) is 111 Å². The van der Waals surface area contributed by atoms with Crippen molar-refractivity contribution in [2.24, 2.45) is 4.99 Å². The average Bonchev–Trinajstić information content (AvgIpc) is 3.44. The highest BCUT2D eigenvalue weighted by Gasteiger charge is 2.35. The number of rotatable bonds is 11. The molecule has 1 atom stereocenters. The van der Waals surface area contributed by atoms with Crippen LogP contribution in [-0.4, -0.2) is 38.5 Å². The molecule has 11 heteroatoms. The fourth-order valence-electron chi connectivity index (χ4n) is 5.62. The number of thiazole rings is 1. The van der Waals surface area contributed by atoms with Gasteiger partial charge in [-0.05, 0) is 54.5 Å². The molecular weight excluding hydrogens is 708 g/mol. The Bertz CT molecular complexity index is 2210. The Morgan fingerprint density at radius 3 is 2.33 bits per heavy atom. The zero-order valence-corrected chi connectivity index (χ0v) is 29.7. The molecule has 5 aromatic rings. The van der Waals surface area contributed by atoms with E-state index in [9.17, 15) is 9.59 Å². The molecule has 1 aliphatic rings. The summed E-state index contributed by atoms with van der Waals surface area (Å²) in [4.78, 5) is 33.7. The molecule has 9 nitrogen and oxygen atoms in total. The number of methoxy groups -OCH3 is 3. The highest BCUT2D eigenvalue weighted by molar-refractivity contribution is 9.10. The van der Waals surface area contributed by atoms with Crippen LogP contribution in [0.25, 0.3) is 11.8 Å². The molecule has 49 heavy (non-hydrogen) atoms. The second-order valence-corrected chi connectivity index (χ2v) is 12.8. The minimum Gasteiger partial charge on any atom is -0.493 e. The van der Waals surface area contributed by atoms with E-state index >= 15 is 0 Å². The Morgan fingerprint density at radius 2 is 1.63 bits per heavy atom. The zero-order chi connectivity index (χ0) is 34.5. The molecule has 250 valence electrons. The number of aromatic nitrogens is 1. The van der Waals surface area contributed by atoms with Crippen LogP contribution in [0.2, 0.25) is 0 Å². The average molecular weight is 742 g/mol. The van der Waals surface area contributed by atoms with E-state index in [1.54, 1.807) is 43.9 Å². The van der Waals surface area contributed by atoms with Crippen LogP contribution in [0.4, 0.5) is 0 Å².